The topological polar surface area (TPSA) is 66.4 Å². The molecule has 1 rings (SSSR count). The Hall–Kier alpha value is -1.06. The number of amides is 1. The summed E-state index contributed by atoms with van der Waals surface area (Å²) >= 11 is 0. The molecule has 2 N–H and O–H groups in total. The van der Waals surface area contributed by atoms with Crippen molar-refractivity contribution in [3.8, 4) is 0 Å². The minimum atomic E-state index is -1.02. The standard InChI is InChI=1S/C13H23NO3/c1-9(2)7-11(15)14-13(12(16)17)6-4-5-10(3)8-13/h9-10H,4-8H2,1-3H3,(H,14,15)(H,16,17). The van der Waals surface area contributed by atoms with Gasteiger partial charge in [0.15, 0.2) is 0 Å². The van der Waals surface area contributed by atoms with Crippen molar-refractivity contribution in [1.29, 1.82) is 0 Å². The first-order valence-electron chi connectivity index (χ1n) is 6.40. The lowest BCUT2D eigenvalue weighted by molar-refractivity contribution is -0.150. The smallest absolute Gasteiger partial charge is 0.329 e. The summed E-state index contributed by atoms with van der Waals surface area (Å²) in [5, 5.41) is 12.1. The van der Waals surface area contributed by atoms with E-state index < -0.39 is 11.5 Å². The van der Waals surface area contributed by atoms with Gasteiger partial charge in [0.25, 0.3) is 0 Å². The maximum absolute atomic E-state index is 11.8. The van der Waals surface area contributed by atoms with Gasteiger partial charge < -0.3 is 10.4 Å². The van der Waals surface area contributed by atoms with Crippen molar-refractivity contribution in [2.24, 2.45) is 11.8 Å². The summed E-state index contributed by atoms with van der Waals surface area (Å²) in [5.74, 6) is -0.418. The lowest BCUT2D eigenvalue weighted by Gasteiger charge is -2.37. The van der Waals surface area contributed by atoms with E-state index in [-0.39, 0.29) is 11.8 Å². The lowest BCUT2D eigenvalue weighted by Crippen LogP contribution is -2.56. The summed E-state index contributed by atoms with van der Waals surface area (Å²) < 4.78 is 0. The molecule has 1 aliphatic rings. The Morgan fingerprint density at radius 3 is 2.59 bits per heavy atom. The Morgan fingerprint density at radius 1 is 1.47 bits per heavy atom. The lowest BCUT2D eigenvalue weighted by atomic mass is 9.76. The number of hydrogen-bond donors (Lipinski definition) is 2. The molecule has 1 fully saturated rings. The van der Waals surface area contributed by atoms with E-state index in [0.29, 0.717) is 25.2 Å². The van der Waals surface area contributed by atoms with Crippen LogP contribution in [-0.4, -0.2) is 22.5 Å². The number of carbonyl (C=O) groups excluding carboxylic acids is 1. The van der Waals surface area contributed by atoms with Crippen LogP contribution in [0.3, 0.4) is 0 Å². The van der Waals surface area contributed by atoms with E-state index >= 15 is 0 Å². The molecule has 0 spiro atoms. The van der Waals surface area contributed by atoms with Crippen molar-refractivity contribution < 1.29 is 14.7 Å². The van der Waals surface area contributed by atoms with Gasteiger partial charge in [0.05, 0.1) is 0 Å². The van der Waals surface area contributed by atoms with Gasteiger partial charge in [-0.2, -0.15) is 0 Å². The van der Waals surface area contributed by atoms with E-state index in [4.69, 9.17) is 0 Å². The summed E-state index contributed by atoms with van der Waals surface area (Å²) in [4.78, 5) is 23.2. The molecule has 0 aromatic rings. The third-order valence-electron chi connectivity index (χ3n) is 3.38. The molecule has 0 radical (unpaired) electrons. The van der Waals surface area contributed by atoms with Crippen LogP contribution in [-0.2, 0) is 9.59 Å². The summed E-state index contributed by atoms with van der Waals surface area (Å²) in [5.41, 5.74) is -1.02. The van der Waals surface area contributed by atoms with Crippen LogP contribution < -0.4 is 5.32 Å². The molecule has 4 nitrogen and oxygen atoms in total. The fourth-order valence-corrected chi connectivity index (χ4v) is 2.60. The third kappa shape index (κ3) is 3.72. The van der Waals surface area contributed by atoms with E-state index in [9.17, 15) is 14.7 Å². The van der Waals surface area contributed by atoms with E-state index in [1.807, 2.05) is 20.8 Å². The fourth-order valence-electron chi connectivity index (χ4n) is 2.60. The van der Waals surface area contributed by atoms with E-state index in [1.165, 1.54) is 0 Å². The molecular formula is C13H23NO3. The number of rotatable bonds is 4. The average molecular weight is 241 g/mol. The zero-order chi connectivity index (χ0) is 13.1. The van der Waals surface area contributed by atoms with E-state index in [0.717, 1.165) is 12.8 Å². The van der Waals surface area contributed by atoms with Crippen LogP contribution in [0.4, 0.5) is 0 Å². The molecule has 0 saturated heterocycles. The average Bonchev–Trinajstić information content (AvgIpc) is 2.15. The number of nitrogens with one attached hydrogen (secondary N) is 1. The highest BCUT2D eigenvalue weighted by molar-refractivity contribution is 5.87. The number of carbonyl (C=O) groups is 2. The second-order valence-corrected chi connectivity index (χ2v) is 5.73. The molecule has 0 aliphatic heterocycles. The molecule has 17 heavy (non-hydrogen) atoms. The molecule has 0 bridgehead atoms. The van der Waals surface area contributed by atoms with Crippen molar-refractivity contribution in [3.63, 3.8) is 0 Å². The van der Waals surface area contributed by atoms with Gasteiger partial charge in [-0.25, -0.2) is 4.79 Å². The van der Waals surface area contributed by atoms with Crippen LogP contribution in [0.25, 0.3) is 0 Å². The van der Waals surface area contributed by atoms with Crippen LogP contribution in [0.5, 0.6) is 0 Å². The maximum Gasteiger partial charge on any atom is 0.329 e. The zero-order valence-corrected chi connectivity index (χ0v) is 11.0. The highest BCUT2D eigenvalue weighted by Crippen LogP contribution is 2.32. The molecule has 0 aromatic carbocycles. The highest BCUT2D eigenvalue weighted by atomic mass is 16.4. The van der Waals surface area contributed by atoms with Crippen LogP contribution in [0.1, 0.15) is 52.9 Å². The predicted octanol–water partition coefficient (Wildman–Crippen LogP) is 2.18. The van der Waals surface area contributed by atoms with Crippen molar-refractivity contribution in [2.45, 2.75) is 58.4 Å². The Morgan fingerprint density at radius 2 is 2.12 bits per heavy atom. The first-order valence-corrected chi connectivity index (χ1v) is 6.40. The Bertz CT molecular complexity index is 301. The number of carboxylic acids is 1. The van der Waals surface area contributed by atoms with Gasteiger partial charge in [0.1, 0.15) is 5.54 Å². The highest BCUT2D eigenvalue weighted by Gasteiger charge is 2.43. The summed E-state index contributed by atoms with van der Waals surface area (Å²) in [6, 6.07) is 0. The third-order valence-corrected chi connectivity index (χ3v) is 3.38. The van der Waals surface area contributed by atoms with Gasteiger partial charge in [-0.15, -0.1) is 0 Å². The molecule has 2 unspecified atom stereocenters. The van der Waals surface area contributed by atoms with Gasteiger partial charge in [0.2, 0.25) is 5.91 Å². The normalized spacial score (nSPS) is 29.1. The van der Waals surface area contributed by atoms with Crippen LogP contribution in [0.15, 0.2) is 0 Å². The summed E-state index contributed by atoms with van der Waals surface area (Å²) in [7, 11) is 0. The minimum absolute atomic E-state index is 0.142. The summed E-state index contributed by atoms with van der Waals surface area (Å²) in [6.45, 7) is 5.96. The molecule has 1 saturated carbocycles. The molecule has 0 heterocycles. The second kappa shape index (κ2) is 5.52. The molecule has 2 atom stereocenters. The molecule has 1 amide bonds. The SMILES string of the molecule is CC(C)CC(=O)NC1(C(=O)O)CCCC(C)C1. The zero-order valence-electron chi connectivity index (χ0n) is 11.0. The molecule has 1 aliphatic carbocycles. The van der Waals surface area contributed by atoms with E-state index in [1.54, 1.807) is 0 Å². The largest absolute Gasteiger partial charge is 0.480 e. The Kier molecular flexibility index (Phi) is 4.54. The number of hydrogen-bond acceptors (Lipinski definition) is 2. The van der Waals surface area contributed by atoms with Crippen LogP contribution in [0.2, 0.25) is 0 Å². The molecule has 0 aromatic heterocycles. The van der Waals surface area contributed by atoms with Crippen molar-refractivity contribution in [2.75, 3.05) is 0 Å². The number of aliphatic carboxylic acids is 1. The quantitative estimate of drug-likeness (QED) is 0.792. The van der Waals surface area contributed by atoms with Gasteiger partial charge >= 0.3 is 5.97 Å². The number of carboxylic acid groups (broad SMARTS) is 1. The monoisotopic (exact) mass is 241 g/mol. The summed E-state index contributed by atoms with van der Waals surface area (Å²) in [6.07, 6.45) is 3.41. The van der Waals surface area contributed by atoms with Gasteiger partial charge in [-0.05, 0) is 24.7 Å². The second-order valence-electron chi connectivity index (χ2n) is 5.73. The van der Waals surface area contributed by atoms with Crippen molar-refractivity contribution >= 4 is 11.9 Å². The van der Waals surface area contributed by atoms with Crippen molar-refractivity contribution in [1.82, 2.24) is 5.32 Å². The Balaban J connectivity index is 2.71. The van der Waals surface area contributed by atoms with E-state index in [2.05, 4.69) is 5.32 Å². The first-order chi connectivity index (χ1) is 7.85. The molecule has 98 valence electrons. The first kappa shape index (κ1) is 14.0. The minimum Gasteiger partial charge on any atom is -0.480 e. The van der Waals surface area contributed by atoms with Crippen LogP contribution >= 0.6 is 0 Å². The maximum atomic E-state index is 11.8. The van der Waals surface area contributed by atoms with Gasteiger partial charge in [0, 0.05) is 6.42 Å². The molecule has 4 heteroatoms. The van der Waals surface area contributed by atoms with Gasteiger partial charge in [-0.3, -0.25) is 4.79 Å². The van der Waals surface area contributed by atoms with Gasteiger partial charge in [-0.1, -0.05) is 33.6 Å². The Labute approximate surface area is 103 Å². The molecular weight excluding hydrogens is 218 g/mol. The predicted molar refractivity (Wildman–Crippen MR) is 65.6 cm³/mol. The van der Waals surface area contributed by atoms with Crippen LogP contribution in [0, 0.1) is 11.8 Å². The van der Waals surface area contributed by atoms with Crippen molar-refractivity contribution in [3.05, 3.63) is 0 Å². The fraction of sp³-hybridized carbons (Fsp3) is 0.846.